The molecule has 1 saturated carbocycles. The molecule has 0 aromatic carbocycles. The predicted octanol–water partition coefficient (Wildman–Crippen LogP) is -0.152. The number of nitrogens with two attached hydrogens (primary N) is 1. The average molecular weight is 286 g/mol. The van der Waals surface area contributed by atoms with Crippen molar-refractivity contribution in [1.29, 1.82) is 0 Å². The molecule has 19 heavy (non-hydrogen) atoms. The molecule has 1 aliphatic carbocycles. The summed E-state index contributed by atoms with van der Waals surface area (Å²) >= 11 is 0. The molecule has 2 heterocycles. The molecule has 1 saturated heterocycles. The average Bonchev–Trinajstić information content (AvgIpc) is 2.97. The van der Waals surface area contributed by atoms with E-state index in [-0.39, 0.29) is 22.9 Å². The van der Waals surface area contributed by atoms with Crippen LogP contribution in [0.2, 0.25) is 0 Å². The number of hydrogen-bond donors (Lipinski definition) is 2. The van der Waals surface area contributed by atoms with Gasteiger partial charge in [0, 0.05) is 19.9 Å². The number of ether oxygens (including phenoxy) is 1. The van der Waals surface area contributed by atoms with E-state index >= 15 is 0 Å². The molecule has 2 aliphatic rings. The maximum atomic E-state index is 12.3. The first kappa shape index (κ1) is 12.9. The lowest BCUT2D eigenvalue weighted by molar-refractivity contribution is 0.0848. The Labute approximate surface area is 112 Å². The third kappa shape index (κ3) is 2.47. The summed E-state index contributed by atoms with van der Waals surface area (Å²) in [4.78, 5) is 0.0384. The van der Waals surface area contributed by atoms with Gasteiger partial charge < -0.3 is 10.5 Å². The van der Waals surface area contributed by atoms with Crippen molar-refractivity contribution in [1.82, 2.24) is 14.5 Å². The molecule has 0 amide bonds. The maximum Gasteiger partial charge on any atom is 0.246 e. The Morgan fingerprint density at radius 2 is 2.21 bits per heavy atom. The van der Waals surface area contributed by atoms with Crippen LogP contribution in [0.15, 0.2) is 11.1 Å². The first-order valence-corrected chi connectivity index (χ1v) is 7.89. The topological polar surface area (TPSA) is 99.2 Å². The molecular weight excluding hydrogens is 268 g/mol. The summed E-state index contributed by atoms with van der Waals surface area (Å²) in [5, 5.41) is 3.86. The van der Waals surface area contributed by atoms with Gasteiger partial charge in [-0.3, -0.25) is 4.68 Å². The molecule has 2 unspecified atom stereocenters. The molecule has 7 nitrogen and oxygen atoms in total. The fourth-order valence-corrected chi connectivity index (χ4v) is 3.97. The van der Waals surface area contributed by atoms with Gasteiger partial charge in [0.1, 0.15) is 4.90 Å². The van der Waals surface area contributed by atoms with E-state index in [0.717, 1.165) is 12.8 Å². The number of nitrogen functional groups attached to an aromatic ring is 1. The summed E-state index contributed by atoms with van der Waals surface area (Å²) in [5.41, 5.74) is 5.63. The molecular formula is C11H18N4O3S. The van der Waals surface area contributed by atoms with Crippen LogP contribution >= 0.6 is 0 Å². The van der Waals surface area contributed by atoms with Crippen molar-refractivity contribution in [2.24, 2.45) is 13.0 Å². The zero-order valence-electron chi connectivity index (χ0n) is 10.7. The Balaban J connectivity index is 1.79. The minimum absolute atomic E-state index is 0.00710. The van der Waals surface area contributed by atoms with Gasteiger partial charge in [-0.25, -0.2) is 13.1 Å². The molecule has 0 radical (unpaired) electrons. The second kappa shape index (κ2) is 4.46. The van der Waals surface area contributed by atoms with Crippen LogP contribution in [0.4, 0.5) is 5.82 Å². The smallest absolute Gasteiger partial charge is 0.246 e. The second-order valence-corrected chi connectivity index (χ2v) is 6.92. The standard InChI is InChI=1S/C11H18N4O3S/c1-15-6-9(11(12)13-15)19(16,17)14-8-4-5-18-10(8)7-2-3-7/h6-8,10,14H,2-5H2,1H3,(H2,12,13). The maximum absolute atomic E-state index is 12.3. The minimum atomic E-state index is -3.63. The summed E-state index contributed by atoms with van der Waals surface area (Å²) in [7, 11) is -1.99. The number of aryl methyl sites for hydroxylation is 1. The van der Waals surface area contributed by atoms with E-state index in [4.69, 9.17) is 10.5 Å². The number of rotatable bonds is 4. The molecule has 0 spiro atoms. The molecule has 8 heteroatoms. The zero-order valence-corrected chi connectivity index (χ0v) is 11.6. The molecule has 1 aromatic heterocycles. The van der Waals surface area contributed by atoms with Crippen molar-refractivity contribution in [2.45, 2.75) is 36.3 Å². The van der Waals surface area contributed by atoms with Gasteiger partial charge in [-0.15, -0.1) is 0 Å². The van der Waals surface area contributed by atoms with Crippen LogP contribution < -0.4 is 10.5 Å². The highest BCUT2D eigenvalue weighted by molar-refractivity contribution is 7.89. The number of nitrogens with zero attached hydrogens (tertiary/aromatic N) is 2. The third-order valence-corrected chi connectivity index (χ3v) is 5.15. The number of aromatic nitrogens is 2. The number of sulfonamides is 1. The lowest BCUT2D eigenvalue weighted by Gasteiger charge is -2.19. The lowest BCUT2D eigenvalue weighted by Crippen LogP contribution is -2.41. The van der Waals surface area contributed by atoms with Crippen molar-refractivity contribution in [3.8, 4) is 0 Å². The van der Waals surface area contributed by atoms with Crippen molar-refractivity contribution in [3.05, 3.63) is 6.20 Å². The van der Waals surface area contributed by atoms with Crippen molar-refractivity contribution in [3.63, 3.8) is 0 Å². The first-order chi connectivity index (χ1) is 8.97. The van der Waals surface area contributed by atoms with Crippen LogP contribution in [-0.2, 0) is 21.8 Å². The number of anilines is 1. The molecule has 106 valence electrons. The van der Waals surface area contributed by atoms with Crippen molar-refractivity contribution >= 4 is 15.8 Å². The Hall–Kier alpha value is -1.12. The van der Waals surface area contributed by atoms with Gasteiger partial charge in [-0.1, -0.05) is 0 Å². The summed E-state index contributed by atoms with van der Waals surface area (Å²) in [5.74, 6) is 0.526. The van der Waals surface area contributed by atoms with Gasteiger partial charge >= 0.3 is 0 Å². The zero-order chi connectivity index (χ0) is 13.6. The fourth-order valence-electron chi connectivity index (χ4n) is 2.58. The van der Waals surface area contributed by atoms with Crippen LogP contribution in [0, 0.1) is 5.92 Å². The van der Waals surface area contributed by atoms with Crippen LogP contribution in [0.25, 0.3) is 0 Å². The van der Waals surface area contributed by atoms with Crippen LogP contribution in [0.3, 0.4) is 0 Å². The van der Waals surface area contributed by atoms with E-state index in [9.17, 15) is 8.42 Å². The number of nitrogens with one attached hydrogen (secondary N) is 1. The Kier molecular flexibility index (Phi) is 3.03. The Morgan fingerprint density at radius 1 is 1.47 bits per heavy atom. The van der Waals surface area contributed by atoms with Crippen LogP contribution in [0.1, 0.15) is 19.3 Å². The van der Waals surface area contributed by atoms with E-state index < -0.39 is 10.0 Å². The monoisotopic (exact) mass is 286 g/mol. The molecule has 2 fully saturated rings. The highest BCUT2D eigenvalue weighted by Gasteiger charge is 2.42. The van der Waals surface area contributed by atoms with Gasteiger partial charge in [0.05, 0.1) is 12.1 Å². The first-order valence-electron chi connectivity index (χ1n) is 6.40. The lowest BCUT2D eigenvalue weighted by atomic mass is 10.1. The summed E-state index contributed by atoms with van der Waals surface area (Å²) < 4.78 is 34.4. The molecule has 2 atom stereocenters. The Morgan fingerprint density at radius 3 is 2.79 bits per heavy atom. The van der Waals surface area contributed by atoms with E-state index in [1.54, 1.807) is 7.05 Å². The summed E-state index contributed by atoms with van der Waals surface area (Å²) in [6.45, 7) is 0.608. The van der Waals surface area contributed by atoms with Crippen molar-refractivity contribution in [2.75, 3.05) is 12.3 Å². The molecule has 0 bridgehead atoms. The molecule has 1 aliphatic heterocycles. The van der Waals surface area contributed by atoms with Crippen molar-refractivity contribution < 1.29 is 13.2 Å². The van der Waals surface area contributed by atoms with Gasteiger partial charge in [-0.05, 0) is 25.2 Å². The molecule has 3 N–H and O–H groups in total. The second-order valence-electron chi connectivity index (χ2n) is 5.24. The van der Waals surface area contributed by atoms with E-state index in [1.807, 2.05) is 0 Å². The molecule has 3 rings (SSSR count). The van der Waals surface area contributed by atoms with Crippen LogP contribution in [0.5, 0.6) is 0 Å². The Bertz CT molecular complexity index is 579. The summed E-state index contributed by atoms with van der Waals surface area (Å²) in [6, 6.07) is -0.155. The highest BCUT2D eigenvalue weighted by atomic mass is 32.2. The normalized spacial score (nSPS) is 27.8. The number of hydrogen-bond acceptors (Lipinski definition) is 5. The highest BCUT2D eigenvalue weighted by Crippen LogP contribution is 2.39. The van der Waals surface area contributed by atoms with Gasteiger partial charge in [-0.2, -0.15) is 5.10 Å². The van der Waals surface area contributed by atoms with E-state index in [2.05, 4.69) is 9.82 Å². The SMILES string of the molecule is Cn1cc(S(=O)(=O)NC2CCOC2C2CC2)c(N)n1. The van der Waals surface area contributed by atoms with E-state index in [0.29, 0.717) is 18.9 Å². The molecule has 1 aromatic rings. The fraction of sp³-hybridized carbons (Fsp3) is 0.727. The van der Waals surface area contributed by atoms with Crippen LogP contribution in [-0.4, -0.2) is 37.0 Å². The van der Waals surface area contributed by atoms with Gasteiger partial charge in [0.15, 0.2) is 5.82 Å². The quantitative estimate of drug-likeness (QED) is 0.802. The third-order valence-electron chi connectivity index (χ3n) is 3.64. The largest absolute Gasteiger partial charge is 0.381 e. The van der Waals surface area contributed by atoms with Gasteiger partial charge in [0.2, 0.25) is 10.0 Å². The van der Waals surface area contributed by atoms with E-state index in [1.165, 1.54) is 10.9 Å². The minimum Gasteiger partial charge on any atom is -0.381 e. The predicted molar refractivity (Wildman–Crippen MR) is 68.8 cm³/mol. The summed E-state index contributed by atoms with van der Waals surface area (Å²) in [6.07, 6.45) is 4.38. The van der Waals surface area contributed by atoms with Gasteiger partial charge in [0.25, 0.3) is 0 Å².